The van der Waals surface area contributed by atoms with Crippen molar-refractivity contribution < 1.29 is 8.81 Å². The number of furan rings is 1. The van der Waals surface area contributed by atoms with Gasteiger partial charge in [-0.3, -0.25) is 5.43 Å². The number of aromatic nitrogens is 2. The van der Waals surface area contributed by atoms with Gasteiger partial charge < -0.3 is 4.42 Å². The van der Waals surface area contributed by atoms with Crippen molar-refractivity contribution in [1.82, 2.24) is 9.97 Å². The van der Waals surface area contributed by atoms with Crippen molar-refractivity contribution in [1.29, 1.82) is 0 Å². The van der Waals surface area contributed by atoms with Crippen molar-refractivity contribution in [2.75, 3.05) is 5.43 Å². The molecule has 4 aromatic rings. The number of nitrogens with zero attached hydrogens (tertiary/aromatic N) is 3. The lowest BCUT2D eigenvalue weighted by Crippen LogP contribution is -1.99. The van der Waals surface area contributed by atoms with Gasteiger partial charge in [0.25, 0.3) is 0 Å². The number of nitrogens with one attached hydrogen (secondary N) is 1. The molecule has 0 bridgehead atoms. The van der Waals surface area contributed by atoms with Gasteiger partial charge >= 0.3 is 0 Å². The molecule has 1 N–H and O–H groups in total. The average molecular weight is 332 g/mol. The van der Waals surface area contributed by atoms with Crippen LogP contribution in [0.2, 0.25) is 0 Å². The smallest absolute Gasteiger partial charge is 0.162 e. The Morgan fingerprint density at radius 2 is 1.80 bits per heavy atom. The van der Waals surface area contributed by atoms with E-state index in [2.05, 4.69) is 20.5 Å². The summed E-state index contributed by atoms with van der Waals surface area (Å²) >= 11 is 0. The van der Waals surface area contributed by atoms with Crippen molar-refractivity contribution in [3.8, 4) is 11.4 Å². The molecule has 0 amide bonds. The molecule has 2 aromatic heterocycles. The largest absolute Gasteiger partial charge is 0.463 e. The molecule has 0 fully saturated rings. The highest BCUT2D eigenvalue weighted by atomic mass is 19.1. The minimum atomic E-state index is -0.300. The van der Waals surface area contributed by atoms with E-state index < -0.39 is 0 Å². The lowest BCUT2D eigenvalue weighted by molar-refractivity contribution is 0.560. The monoisotopic (exact) mass is 332 g/mol. The number of hydrogen-bond acceptors (Lipinski definition) is 5. The molecule has 2 aromatic carbocycles. The Kier molecular flexibility index (Phi) is 3.92. The lowest BCUT2D eigenvalue weighted by atomic mass is 10.2. The first-order valence-corrected chi connectivity index (χ1v) is 7.65. The second-order valence-electron chi connectivity index (χ2n) is 5.31. The van der Waals surface area contributed by atoms with Gasteiger partial charge in [-0.1, -0.05) is 12.1 Å². The summed E-state index contributed by atoms with van der Waals surface area (Å²) in [6.45, 7) is 0. The molecule has 2 heterocycles. The molecular formula is C19H13FN4O. The van der Waals surface area contributed by atoms with Crippen LogP contribution in [0.3, 0.4) is 0 Å². The SMILES string of the molecule is Fc1ccc(-c2nc(N/N=C/c3ccco3)c3ccccc3n2)cc1. The van der Waals surface area contributed by atoms with Gasteiger partial charge in [-0.15, -0.1) is 0 Å². The summed E-state index contributed by atoms with van der Waals surface area (Å²) in [4.78, 5) is 9.08. The molecule has 0 unspecified atom stereocenters. The first-order valence-electron chi connectivity index (χ1n) is 7.65. The maximum Gasteiger partial charge on any atom is 0.162 e. The van der Waals surface area contributed by atoms with Crippen LogP contribution in [0.25, 0.3) is 22.3 Å². The van der Waals surface area contributed by atoms with Crippen molar-refractivity contribution >= 4 is 22.9 Å². The lowest BCUT2D eigenvalue weighted by Gasteiger charge is -2.08. The van der Waals surface area contributed by atoms with Crippen LogP contribution in [0.15, 0.2) is 76.4 Å². The van der Waals surface area contributed by atoms with Gasteiger partial charge in [0, 0.05) is 10.9 Å². The predicted octanol–water partition coefficient (Wildman–Crippen LogP) is 4.47. The van der Waals surface area contributed by atoms with E-state index in [1.165, 1.54) is 12.1 Å². The number of hydrogen-bond donors (Lipinski definition) is 1. The van der Waals surface area contributed by atoms with E-state index in [-0.39, 0.29) is 5.82 Å². The molecule has 25 heavy (non-hydrogen) atoms. The summed E-state index contributed by atoms with van der Waals surface area (Å²) in [6, 6.07) is 17.3. The fraction of sp³-hybridized carbons (Fsp3) is 0. The third-order valence-electron chi connectivity index (χ3n) is 3.61. The fourth-order valence-electron chi connectivity index (χ4n) is 2.41. The Morgan fingerprint density at radius 3 is 2.60 bits per heavy atom. The Bertz CT molecular complexity index is 1030. The number of rotatable bonds is 4. The van der Waals surface area contributed by atoms with Crippen LogP contribution < -0.4 is 5.43 Å². The number of anilines is 1. The van der Waals surface area contributed by atoms with E-state index in [0.717, 1.165) is 16.5 Å². The van der Waals surface area contributed by atoms with E-state index in [1.807, 2.05) is 24.3 Å². The highest BCUT2D eigenvalue weighted by Crippen LogP contribution is 2.25. The van der Waals surface area contributed by atoms with E-state index in [1.54, 1.807) is 36.7 Å². The number of fused-ring (bicyclic) bond motifs is 1. The number of hydrazone groups is 1. The molecule has 0 aliphatic heterocycles. The van der Waals surface area contributed by atoms with Crippen LogP contribution in [0, 0.1) is 5.82 Å². The summed E-state index contributed by atoms with van der Waals surface area (Å²) in [5.74, 6) is 1.39. The molecule has 0 saturated heterocycles. The maximum atomic E-state index is 13.2. The highest BCUT2D eigenvalue weighted by Gasteiger charge is 2.09. The molecule has 0 spiro atoms. The average Bonchev–Trinajstić information content (AvgIpc) is 3.15. The highest BCUT2D eigenvalue weighted by molar-refractivity contribution is 5.91. The summed E-state index contributed by atoms with van der Waals surface area (Å²) < 4.78 is 18.4. The second kappa shape index (κ2) is 6.52. The fourth-order valence-corrected chi connectivity index (χ4v) is 2.41. The molecule has 6 heteroatoms. The van der Waals surface area contributed by atoms with Crippen LogP contribution >= 0.6 is 0 Å². The van der Waals surface area contributed by atoms with Gasteiger partial charge in [0.15, 0.2) is 11.6 Å². The van der Waals surface area contributed by atoms with Crippen molar-refractivity contribution in [2.45, 2.75) is 0 Å². The van der Waals surface area contributed by atoms with Crippen LogP contribution in [0.1, 0.15) is 5.76 Å². The minimum Gasteiger partial charge on any atom is -0.463 e. The number of halogens is 1. The van der Waals surface area contributed by atoms with Gasteiger partial charge in [-0.2, -0.15) is 5.10 Å². The second-order valence-corrected chi connectivity index (χ2v) is 5.31. The Morgan fingerprint density at radius 1 is 0.960 bits per heavy atom. The summed E-state index contributed by atoms with van der Waals surface area (Å²) in [6.07, 6.45) is 3.14. The quantitative estimate of drug-likeness (QED) is 0.442. The third-order valence-corrected chi connectivity index (χ3v) is 3.61. The zero-order valence-electron chi connectivity index (χ0n) is 13.1. The van der Waals surface area contributed by atoms with Gasteiger partial charge in [0.1, 0.15) is 11.6 Å². The Balaban J connectivity index is 1.74. The zero-order valence-corrected chi connectivity index (χ0v) is 13.1. The molecule has 0 radical (unpaired) electrons. The van der Waals surface area contributed by atoms with E-state index >= 15 is 0 Å². The molecule has 0 aliphatic rings. The van der Waals surface area contributed by atoms with Crippen molar-refractivity contribution in [3.05, 3.63) is 78.5 Å². The molecule has 0 aliphatic carbocycles. The minimum absolute atomic E-state index is 0.300. The Hall–Kier alpha value is -3.54. The van der Waals surface area contributed by atoms with Crippen molar-refractivity contribution in [2.24, 2.45) is 5.10 Å². The zero-order chi connectivity index (χ0) is 17.1. The van der Waals surface area contributed by atoms with Gasteiger partial charge in [-0.05, 0) is 48.5 Å². The summed E-state index contributed by atoms with van der Waals surface area (Å²) in [5, 5.41) is 5.00. The molecule has 4 rings (SSSR count). The molecule has 0 atom stereocenters. The number of para-hydroxylation sites is 1. The maximum absolute atomic E-state index is 13.2. The van der Waals surface area contributed by atoms with E-state index in [4.69, 9.17) is 4.42 Å². The molecular weight excluding hydrogens is 319 g/mol. The predicted molar refractivity (Wildman–Crippen MR) is 94.9 cm³/mol. The van der Waals surface area contributed by atoms with Gasteiger partial charge in [0.2, 0.25) is 0 Å². The molecule has 5 nitrogen and oxygen atoms in total. The van der Waals surface area contributed by atoms with Crippen molar-refractivity contribution in [3.63, 3.8) is 0 Å². The Labute approximate surface area is 142 Å². The molecule has 122 valence electrons. The van der Waals surface area contributed by atoms with Gasteiger partial charge in [-0.25, -0.2) is 14.4 Å². The van der Waals surface area contributed by atoms with Crippen LogP contribution in [-0.2, 0) is 0 Å². The third kappa shape index (κ3) is 3.23. The topological polar surface area (TPSA) is 63.3 Å². The first-order chi connectivity index (χ1) is 12.3. The number of benzene rings is 2. The standard InChI is InChI=1S/C19H13FN4O/c20-14-9-7-13(8-10-14)18-22-17-6-2-1-5-16(17)19(23-18)24-21-12-15-4-3-11-25-15/h1-12H,(H,22,23,24)/b21-12+. The van der Waals surface area contributed by atoms with Crippen LogP contribution in [0.5, 0.6) is 0 Å². The van der Waals surface area contributed by atoms with Crippen LogP contribution in [-0.4, -0.2) is 16.2 Å². The normalized spacial score (nSPS) is 11.2. The summed E-state index contributed by atoms with van der Waals surface area (Å²) in [5.41, 5.74) is 4.43. The molecule has 0 saturated carbocycles. The van der Waals surface area contributed by atoms with E-state index in [9.17, 15) is 4.39 Å². The van der Waals surface area contributed by atoms with E-state index in [0.29, 0.717) is 17.4 Å². The first kappa shape index (κ1) is 15.0. The van der Waals surface area contributed by atoms with Gasteiger partial charge in [0.05, 0.1) is 18.0 Å². The summed E-state index contributed by atoms with van der Waals surface area (Å²) in [7, 11) is 0. The van der Waals surface area contributed by atoms with Crippen LogP contribution in [0.4, 0.5) is 10.2 Å².